The molecule has 1 rings (SSSR count). The maximum atomic E-state index is 11.7. The van der Waals surface area contributed by atoms with Crippen molar-refractivity contribution < 1.29 is 9.53 Å². The van der Waals surface area contributed by atoms with Gasteiger partial charge in [0.15, 0.2) is 0 Å². The fraction of sp³-hybridized carbons (Fsp3) is 0.900. The summed E-state index contributed by atoms with van der Waals surface area (Å²) < 4.78 is 5.11. The average Bonchev–Trinajstić information content (AvgIpc) is 2.25. The van der Waals surface area contributed by atoms with Gasteiger partial charge in [0, 0.05) is 25.7 Å². The maximum absolute atomic E-state index is 11.7. The lowest BCUT2D eigenvalue weighted by Gasteiger charge is -2.34. The summed E-state index contributed by atoms with van der Waals surface area (Å²) in [6, 6.07) is 0.233. The zero-order chi connectivity index (χ0) is 10.4. The Hall–Kier alpha value is -0.610. The number of amides is 1. The highest BCUT2D eigenvalue weighted by atomic mass is 16.5. The molecule has 1 aliphatic heterocycles. The molecule has 0 saturated carbocycles. The molecule has 4 heteroatoms. The van der Waals surface area contributed by atoms with Gasteiger partial charge in [-0.25, -0.2) is 0 Å². The van der Waals surface area contributed by atoms with Crippen molar-refractivity contribution in [2.24, 2.45) is 5.73 Å². The maximum Gasteiger partial charge on any atom is 0.248 e. The molecule has 1 aliphatic rings. The second kappa shape index (κ2) is 5.98. The fourth-order valence-corrected chi connectivity index (χ4v) is 1.85. The molecule has 1 unspecified atom stereocenters. The first-order valence-corrected chi connectivity index (χ1v) is 5.36. The Balaban J connectivity index is 2.41. The van der Waals surface area contributed by atoms with Gasteiger partial charge in [0.05, 0.1) is 0 Å². The average molecular weight is 200 g/mol. The van der Waals surface area contributed by atoms with Gasteiger partial charge in [0.2, 0.25) is 5.91 Å². The molecule has 0 aromatic carbocycles. The molecule has 1 atom stereocenters. The Morgan fingerprint density at radius 3 is 3.00 bits per heavy atom. The normalized spacial score (nSPS) is 22.4. The molecule has 1 amide bonds. The number of piperidine rings is 1. The van der Waals surface area contributed by atoms with E-state index in [9.17, 15) is 4.79 Å². The van der Waals surface area contributed by atoms with Crippen molar-refractivity contribution in [1.29, 1.82) is 0 Å². The quantitative estimate of drug-likeness (QED) is 0.713. The molecule has 0 radical (unpaired) electrons. The Kier molecular flexibility index (Phi) is 4.90. The highest BCUT2D eigenvalue weighted by Gasteiger charge is 2.24. The molecular weight excluding hydrogens is 180 g/mol. The highest BCUT2D eigenvalue weighted by Crippen LogP contribution is 2.16. The summed E-state index contributed by atoms with van der Waals surface area (Å²) in [5.74, 6) is 0.0852. The zero-order valence-corrected chi connectivity index (χ0v) is 8.87. The van der Waals surface area contributed by atoms with Crippen molar-refractivity contribution in [3.05, 3.63) is 0 Å². The molecule has 1 heterocycles. The van der Waals surface area contributed by atoms with Gasteiger partial charge < -0.3 is 15.4 Å². The van der Waals surface area contributed by atoms with E-state index in [1.807, 2.05) is 11.8 Å². The van der Waals surface area contributed by atoms with Gasteiger partial charge in [-0.15, -0.1) is 0 Å². The predicted molar refractivity (Wildman–Crippen MR) is 54.9 cm³/mol. The Bertz CT molecular complexity index is 185. The smallest absolute Gasteiger partial charge is 0.248 e. The minimum Gasteiger partial charge on any atom is -0.372 e. The molecule has 0 aromatic rings. The van der Waals surface area contributed by atoms with Crippen molar-refractivity contribution in [3.8, 4) is 0 Å². The van der Waals surface area contributed by atoms with Crippen LogP contribution >= 0.6 is 0 Å². The van der Waals surface area contributed by atoms with Crippen LogP contribution in [0.4, 0.5) is 0 Å². The summed E-state index contributed by atoms with van der Waals surface area (Å²) >= 11 is 0. The Labute approximate surface area is 85.4 Å². The first-order chi connectivity index (χ1) is 6.79. The lowest BCUT2D eigenvalue weighted by molar-refractivity contribution is -0.139. The van der Waals surface area contributed by atoms with Crippen LogP contribution in [0.15, 0.2) is 0 Å². The van der Waals surface area contributed by atoms with E-state index in [0.717, 1.165) is 19.4 Å². The molecule has 0 spiro atoms. The van der Waals surface area contributed by atoms with Gasteiger partial charge in [-0.05, 0) is 26.2 Å². The first kappa shape index (κ1) is 11.5. The third-order valence-electron chi connectivity index (χ3n) is 2.65. The van der Waals surface area contributed by atoms with E-state index in [1.54, 1.807) is 0 Å². The van der Waals surface area contributed by atoms with Crippen molar-refractivity contribution >= 4 is 5.91 Å². The number of carbonyl (C=O) groups excluding carboxylic acids is 1. The van der Waals surface area contributed by atoms with Crippen LogP contribution in [0, 0.1) is 0 Å². The largest absolute Gasteiger partial charge is 0.372 e. The summed E-state index contributed by atoms with van der Waals surface area (Å²) in [7, 11) is 0. The summed E-state index contributed by atoms with van der Waals surface area (Å²) in [6.45, 7) is 4.09. The second-order valence-electron chi connectivity index (χ2n) is 3.61. The van der Waals surface area contributed by atoms with E-state index >= 15 is 0 Å². The van der Waals surface area contributed by atoms with E-state index < -0.39 is 0 Å². The topological polar surface area (TPSA) is 55.6 Å². The van der Waals surface area contributed by atoms with Crippen molar-refractivity contribution in [2.75, 3.05) is 26.3 Å². The number of nitrogens with two attached hydrogens (primary N) is 1. The predicted octanol–water partition coefficient (Wildman–Crippen LogP) is 0.363. The monoisotopic (exact) mass is 200 g/mol. The molecule has 0 aromatic heterocycles. The van der Waals surface area contributed by atoms with Gasteiger partial charge in [-0.3, -0.25) is 4.79 Å². The van der Waals surface area contributed by atoms with Gasteiger partial charge in [-0.2, -0.15) is 0 Å². The summed E-state index contributed by atoms with van der Waals surface area (Å²) in [6.07, 6.45) is 3.31. The molecular formula is C10H20N2O2. The van der Waals surface area contributed by atoms with Crippen LogP contribution in [0.5, 0.6) is 0 Å². The molecule has 2 N–H and O–H groups in total. The lowest BCUT2D eigenvalue weighted by Crippen LogP contribution is -2.48. The van der Waals surface area contributed by atoms with Crippen LogP contribution in [0.3, 0.4) is 0 Å². The zero-order valence-electron chi connectivity index (χ0n) is 8.87. The van der Waals surface area contributed by atoms with Gasteiger partial charge in [-0.1, -0.05) is 0 Å². The van der Waals surface area contributed by atoms with E-state index in [4.69, 9.17) is 10.5 Å². The van der Waals surface area contributed by atoms with Crippen LogP contribution in [0.1, 0.15) is 26.2 Å². The van der Waals surface area contributed by atoms with Gasteiger partial charge in [0.1, 0.15) is 6.61 Å². The van der Waals surface area contributed by atoms with Crippen LogP contribution in [0.25, 0.3) is 0 Å². The molecule has 0 aliphatic carbocycles. The molecule has 1 saturated heterocycles. The van der Waals surface area contributed by atoms with Crippen molar-refractivity contribution in [3.63, 3.8) is 0 Å². The van der Waals surface area contributed by atoms with E-state index in [-0.39, 0.29) is 18.6 Å². The summed E-state index contributed by atoms with van der Waals surface area (Å²) in [5.41, 5.74) is 5.63. The SMILES string of the molecule is CCOCC(=O)N1CCCCC1CN. The van der Waals surface area contributed by atoms with Crippen molar-refractivity contribution in [1.82, 2.24) is 4.90 Å². The van der Waals surface area contributed by atoms with E-state index in [2.05, 4.69) is 0 Å². The minimum absolute atomic E-state index is 0.0852. The molecule has 82 valence electrons. The molecule has 0 bridgehead atoms. The number of ether oxygens (including phenoxy) is 1. The van der Waals surface area contributed by atoms with Gasteiger partial charge >= 0.3 is 0 Å². The number of hydrogen-bond acceptors (Lipinski definition) is 3. The fourth-order valence-electron chi connectivity index (χ4n) is 1.85. The minimum atomic E-state index is 0.0852. The number of carbonyl (C=O) groups is 1. The standard InChI is InChI=1S/C10H20N2O2/c1-2-14-8-10(13)12-6-4-3-5-9(12)7-11/h9H,2-8,11H2,1H3. The molecule has 1 fully saturated rings. The van der Waals surface area contributed by atoms with Crippen LogP contribution in [0.2, 0.25) is 0 Å². The van der Waals surface area contributed by atoms with E-state index in [0.29, 0.717) is 13.2 Å². The molecule has 4 nitrogen and oxygen atoms in total. The summed E-state index contributed by atoms with van der Waals surface area (Å²) in [4.78, 5) is 13.5. The van der Waals surface area contributed by atoms with Crippen LogP contribution in [-0.2, 0) is 9.53 Å². The summed E-state index contributed by atoms with van der Waals surface area (Å²) in [5, 5.41) is 0. The van der Waals surface area contributed by atoms with E-state index in [1.165, 1.54) is 6.42 Å². The molecule has 14 heavy (non-hydrogen) atoms. The number of likely N-dealkylation sites (tertiary alicyclic amines) is 1. The third kappa shape index (κ3) is 2.96. The first-order valence-electron chi connectivity index (χ1n) is 5.36. The van der Waals surface area contributed by atoms with Gasteiger partial charge in [0.25, 0.3) is 0 Å². The van der Waals surface area contributed by atoms with Crippen LogP contribution in [-0.4, -0.2) is 43.2 Å². The third-order valence-corrected chi connectivity index (χ3v) is 2.65. The second-order valence-corrected chi connectivity index (χ2v) is 3.61. The Morgan fingerprint density at radius 1 is 1.57 bits per heavy atom. The Morgan fingerprint density at radius 2 is 2.36 bits per heavy atom. The number of rotatable bonds is 4. The number of hydrogen-bond donors (Lipinski definition) is 1. The van der Waals surface area contributed by atoms with Crippen molar-refractivity contribution in [2.45, 2.75) is 32.2 Å². The van der Waals surface area contributed by atoms with Crippen LogP contribution < -0.4 is 5.73 Å². The number of nitrogens with zero attached hydrogens (tertiary/aromatic N) is 1. The highest BCUT2D eigenvalue weighted by molar-refractivity contribution is 5.77. The lowest BCUT2D eigenvalue weighted by atomic mass is 10.0.